The van der Waals surface area contributed by atoms with Crippen LogP contribution in [0, 0.1) is 0 Å². The first-order valence-electron chi connectivity index (χ1n) is 6.27. The molecule has 0 N–H and O–H groups in total. The summed E-state index contributed by atoms with van der Waals surface area (Å²) >= 11 is 5.85. The second-order valence-electron chi connectivity index (χ2n) is 4.47. The Bertz CT molecular complexity index is 899. The van der Waals surface area contributed by atoms with Crippen molar-refractivity contribution in [2.75, 3.05) is 7.11 Å². The van der Waals surface area contributed by atoms with Gasteiger partial charge in [0.15, 0.2) is 0 Å². The van der Waals surface area contributed by atoms with Crippen molar-refractivity contribution in [2.45, 2.75) is 6.54 Å². The zero-order valence-electron chi connectivity index (χ0n) is 11.4. The number of carbonyl (C=O) groups is 1. The highest BCUT2D eigenvalue weighted by atomic mass is 35.5. The molecule has 2 heterocycles. The number of carbonyl (C=O) groups excluding carboxylic acids is 1. The van der Waals surface area contributed by atoms with Gasteiger partial charge in [-0.1, -0.05) is 28.9 Å². The summed E-state index contributed by atoms with van der Waals surface area (Å²) in [6.45, 7) is -0.233. The van der Waals surface area contributed by atoms with Crippen molar-refractivity contribution in [1.82, 2.24) is 14.7 Å². The van der Waals surface area contributed by atoms with Crippen molar-refractivity contribution in [1.29, 1.82) is 0 Å². The second-order valence-corrected chi connectivity index (χ2v) is 4.91. The van der Waals surface area contributed by atoms with E-state index in [0.29, 0.717) is 16.3 Å². The zero-order chi connectivity index (χ0) is 15.7. The molecule has 0 spiro atoms. The number of fused-ring (bicyclic) bond motifs is 1. The van der Waals surface area contributed by atoms with Gasteiger partial charge in [0.25, 0.3) is 11.3 Å². The summed E-state index contributed by atoms with van der Waals surface area (Å²) in [6, 6.07) is 6.80. The number of aromatic nitrogens is 3. The maximum atomic E-state index is 12.5. The fraction of sp³-hybridized carbons (Fsp3) is 0.143. The summed E-state index contributed by atoms with van der Waals surface area (Å²) < 4.78 is 10.8. The largest absolute Gasteiger partial charge is 0.468 e. The molecule has 0 atom stereocenters. The molecule has 0 saturated heterocycles. The van der Waals surface area contributed by atoms with Gasteiger partial charge in [-0.2, -0.15) is 0 Å². The molecule has 112 valence electrons. The first kappa shape index (κ1) is 14.3. The normalized spacial score (nSPS) is 10.8. The predicted molar refractivity (Wildman–Crippen MR) is 78.5 cm³/mol. The molecule has 0 amide bonds. The minimum atomic E-state index is -0.548. The molecule has 22 heavy (non-hydrogen) atoms. The minimum absolute atomic E-state index is 0.107. The van der Waals surface area contributed by atoms with Gasteiger partial charge in [-0.25, -0.2) is 4.98 Å². The van der Waals surface area contributed by atoms with Crippen LogP contribution in [0.15, 0.2) is 39.9 Å². The van der Waals surface area contributed by atoms with E-state index in [0.717, 1.165) is 4.57 Å². The molecule has 0 fully saturated rings. The van der Waals surface area contributed by atoms with E-state index < -0.39 is 11.5 Å². The predicted octanol–water partition coefficient (Wildman–Crippen LogP) is 1.88. The van der Waals surface area contributed by atoms with Crippen LogP contribution < -0.4 is 5.56 Å². The van der Waals surface area contributed by atoms with Gasteiger partial charge in [0.2, 0.25) is 0 Å². The maximum Gasteiger partial charge on any atom is 0.325 e. The summed E-state index contributed by atoms with van der Waals surface area (Å²) in [6.07, 6.45) is 1.22. The molecular weight excluding hydrogens is 310 g/mol. The van der Waals surface area contributed by atoms with Crippen LogP contribution in [0.4, 0.5) is 0 Å². The molecular formula is C14H10ClN3O4. The van der Waals surface area contributed by atoms with Gasteiger partial charge in [-0.3, -0.25) is 14.2 Å². The molecule has 2 aromatic heterocycles. The Morgan fingerprint density at radius 3 is 2.77 bits per heavy atom. The third-order valence-corrected chi connectivity index (χ3v) is 3.36. The fourth-order valence-corrected chi connectivity index (χ4v) is 2.13. The van der Waals surface area contributed by atoms with Crippen LogP contribution in [0.1, 0.15) is 0 Å². The van der Waals surface area contributed by atoms with Crippen LogP contribution in [0.2, 0.25) is 5.02 Å². The molecule has 0 bridgehead atoms. The maximum absolute atomic E-state index is 12.5. The Morgan fingerprint density at radius 2 is 2.09 bits per heavy atom. The zero-order valence-corrected chi connectivity index (χ0v) is 12.2. The molecule has 0 unspecified atom stereocenters. The highest BCUT2D eigenvalue weighted by Crippen LogP contribution is 2.25. The molecule has 0 aliphatic heterocycles. The van der Waals surface area contributed by atoms with Crippen molar-refractivity contribution in [3.8, 4) is 11.3 Å². The van der Waals surface area contributed by atoms with E-state index in [1.54, 1.807) is 24.3 Å². The number of hydrogen-bond donors (Lipinski definition) is 0. The Hall–Kier alpha value is -2.67. The lowest BCUT2D eigenvalue weighted by molar-refractivity contribution is -0.141. The minimum Gasteiger partial charge on any atom is -0.468 e. The number of rotatable bonds is 3. The number of methoxy groups -OCH3 is 1. The van der Waals surface area contributed by atoms with Crippen molar-refractivity contribution in [3.05, 3.63) is 46.0 Å². The lowest BCUT2D eigenvalue weighted by Gasteiger charge is -2.03. The number of benzene rings is 1. The fourth-order valence-electron chi connectivity index (χ4n) is 2.00. The van der Waals surface area contributed by atoms with Gasteiger partial charge in [0.1, 0.15) is 24.0 Å². The SMILES string of the molecule is COC(=O)Cn1cnc2onc(-c3ccc(Cl)cc3)c2c1=O. The molecule has 0 aliphatic carbocycles. The van der Waals surface area contributed by atoms with Crippen LogP contribution in [0.5, 0.6) is 0 Å². The van der Waals surface area contributed by atoms with Gasteiger partial charge in [0, 0.05) is 10.6 Å². The molecule has 3 aromatic rings. The number of ether oxygens (including phenoxy) is 1. The van der Waals surface area contributed by atoms with Gasteiger partial charge in [0.05, 0.1) is 7.11 Å². The van der Waals surface area contributed by atoms with Crippen LogP contribution in [-0.2, 0) is 16.1 Å². The average molecular weight is 320 g/mol. The summed E-state index contributed by atoms with van der Waals surface area (Å²) in [7, 11) is 1.25. The van der Waals surface area contributed by atoms with E-state index in [1.165, 1.54) is 13.4 Å². The number of halogens is 1. The first-order valence-corrected chi connectivity index (χ1v) is 6.65. The molecule has 1 aromatic carbocycles. The molecule has 0 aliphatic rings. The van der Waals surface area contributed by atoms with Crippen molar-refractivity contribution in [2.24, 2.45) is 0 Å². The van der Waals surface area contributed by atoms with Crippen LogP contribution in [0.3, 0.4) is 0 Å². The number of hydrogen-bond acceptors (Lipinski definition) is 6. The molecule has 0 saturated carbocycles. The molecule has 0 radical (unpaired) electrons. The van der Waals surface area contributed by atoms with Crippen LogP contribution in [-0.4, -0.2) is 27.8 Å². The van der Waals surface area contributed by atoms with Crippen molar-refractivity contribution >= 4 is 28.7 Å². The van der Waals surface area contributed by atoms with E-state index in [1.807, 2.05) is 0 Å². The quantitative estimate of drug-likeness (QED) is 0.685. The highest BCUT2D eigenvalue weighted by molar-refractivity contribution is 6.30. The average Bonchev–Trinajstić information content (AvgIpc) is 2.95. The summed E-state index contributed by atoms with van der Waals surface area (Å²) in [5, 5.41) is 4.66. The second kappa shape index (κ2) is 5.61. The van der Waals surface area contributed by atoms with Gasteiger partial charge in [-0.05, 0) is 12.1 Å². The monoisotopic (exact) mass is 319 g/mol. The third kappa shape index (κ3) is 2.46. The van der Waals surface area contributed by atoms with Gasteiger partial charge >= 0.3 is 5.97 Å². The van der Waals surface area contributed by atoms with Crippen molar-refractivity contribution < 1.29 is 14.1 Å². The smallest absolute Gasteiger partial charge is 0.325 e. The molecule has 3 rings (SSSR count). The summed E-state index contributed by atoms with van der Waals surface area (Å²) in [5.74, 6) is -0.548. The van der Waals surface area contributed by atoms with Crippen molar-refractivity contribution in [3.63, 3.8) is 0 Å². The molecule has 8 heteroatoms. The number of esters is 1. The van der Waals surface area contributed by atoms with E-state index in [2.05, 4.69) is 14.9 Å². The van der Waals surface area contributed by atoms with E-state index in [9.17, 15) is 9.59 Å². The molecule has 7 nitrogen and oxygen atoms in total. The summed E-state index contributed by atoms with van der Waals surface area (Å²) in [5.41, 5.74) is 0.693. The van der Waals surface area contributed by atoms with E-state index in [-0.39, 0.29) is 17.6 Å². The van der Waals surface area contributed by atoms with E-state index >= 15 is 0 Å². The highest BCUT2D eigenvalue weighted by Gasteiger charge is 2.17. The van der Waals surface area contributed by atoms with E-state index in [4.69, 9.17) is 16.1 Å². The number of nitrogens with zero attached hydrogens (tertiary/aromatic N) is 3. The first-order chi connectivity index (χ1) is 10.6. The van der Waals surface area contributed by atoms with Gasteiger partial charge < -0.3 is 9.26 Å². The Labute approximate surface area is 129 Å². The lowest BCUT2D eigenvalue weighted by Crippen LogP contribution is -2.25. The van der Waals surface area contributed by atoms with Crippen LogP contribution >= 0.6 is 11.6 Å². The standard InChI is InChI=1S/C14H10ClN3O4/c1-21-10(19)6-18-7-16-13-11(14(18)20)12(17-22-13)8-2-4-9(15)5-3-8/h2-5,7H,6H2,1H3. The lowest BCUT2D eigenvalue weighted by atomic mass is 10.1. The third-order valence-electron chi connectivity index (χ3n) is 3.11. The Balaban J connectivity index is 2.16. The topological polar surface area (TPSA) is 87.2 Å². The Kier molecular flexibility index (Phi) is 3.64. The van der Waals surface area contributed by atoms with Gasteiger partial charge in [-0.15, -0.1) is 0 Å². The van der Waals surface area contributed by atoms with Crippen LogP contribution in [0.25, 0.3) is 22.4 Å². The summed E-state index contributed by atoms with van der Waals surface area (Å²) in [4.78, 5) is 27.8. The Morgan fingerprint density at radius 1 is 1.36 bits per heavy atom.